The number of carboxylic acids is 1. The summed E-state index contributed by atoms with van der Waals surface area (Å²) in [5.41, 5.74) is 0. The van der Waals surface area contributed by atoms with Gasteiger partial charge in [-0.25, -0.2) is 0 Å². The Morgan fingerprint density at radius 2 is 1.30 bits per heavy atom. The average molecular weight is 372 g/mol. The molecule has 0 bridgehead atoms. The first-order valence-electron chi connectivity index (χ1n) is 7.44. The first kappa shape index (κ1) is 31.8. The van der Waals surface area contributed by atoms with Gasteiger partial charge in [-0.3, -0.25) is 9.35 Å². The number of hydrogen-bond donors (Lipinski definition) is 2. The third-order valence-electron chi connectivity index (χ3n) is 2.73. The summed E-state index contributed by atoms with van der Waals surface area (Å²) in [7, 11) is -4.32. The second-order valence-electron chi connectivity index (χ2n) is 4.90. The molecule has 130 valence electrons. The molecular weight excluding hydrogens is 342 g/mol. The Labute approximate surface area is 184 Å². The number of carbonyl (C=O) groups is 2. The first-order valence-corrected chi connectivity index (χ1v) is 9.05. The van der Waals surface area contributed by atoms with Crippen molar-refractivity contribution in [1.29, 1.82) is 0 Å². The van der Waals surface area contributed by atoms with Gasteiger partial charge in [-0.1, -0.05) is 58.3 Å². The third-order valence-corrected chi connectivity index (χ3v) is 3.34. The molecule has 0 heterocycles. The Bertz CT molecular complexity index is 360. The van der Waals surface area contributed by atoms with Crippen molar-refractivity contribution in [1.82, 2.24) is 0 Å². The van der Waals surface area contributed by atoms with E-state index in [0.717, 1.165) is 19.1 Å². The Morgan fingerprint density at radius 1 is 0.913 bits per heavy atom. The summed E-state index contributed by atoms with van der Waals surface area (Å²) in [4.78, 5) is 19.5. The Morgan fingerprint density at radius 3 is 1.57 bits per heavy atom. The fourth-order valence-corrected chi connectivity index (χ4v) is 2.01. The molecule has 2 N–H and O–H groups in total. The summed E-state index contributed by atoms with van der Waals surface area (Å²) in [6.45, 7) is 2.25. The van der Waals surface area contributed by atoms with Crippen LogP contribution in [0.2, 0.25) is 0 Å². The Balaban J connectivity index is -0.000000158. The van der Waals surface area contributed by atoms with Crippen LogP contribution in [-0.2, 0) is 19.7 Å². The van der Waals surface area contributed by atoms with Crippen LogP contribution in [0.4, 0.5) is 0 Å². The van der Waals surface area contributed by atoms with E-state index in [0.29, 0.717) is 0 Å². The normalized spacial score (nSPS) is 9.65. The van der Waals surface area contributed by atoms with E-state index >= 15 is 0 Å². The van der Waals surface area contributed by atoms with E-state index < -0.39 is 21.8 Å². The number of aldehydes is 1. The molecule has 0 aromatic carbocycles. The summed E-state index contributed by atoms with van der Waals surface area (Å²) in [6.07, 6.45) is 13.7. The van der Waals surface area contributed by atoms with Crippen LogP contribution in [0, 0.1) is 0 Å². The molecule has 0 unspecified atom stereocenters. The van der Waals surface area contributed by atoms with E-state index in [-0.39, 0.29) is 59.1 Å². The predicted octanol–water partition coefficient (Wildman–Crippen LogP) is 1.77. The minimum absolute atomic E-state index is 0. The number of aliphatic carboxylic acids is 1. The molecule has 23 heavy (non-hydrogen) atoms. The van der Waals surface area contributed by atoms with Gasteiger partial charge < -0.3 is 9.90 Å². The van der Waals surface area contributed by atoms with Crippen molar-refractivity contribution in [3.63, 3.8) is 0 Å². The molecule has 0 spiro atoms. The molecule has 0 saturated carbocycles. The van der Waals surface area contributed by atoms with Gasteiger partial charge in [0.25, 0.3) is 10.1 Å². The molecule has 9 heteroatoms. The maximum atomic E-state index is 10.0. The van der Waals surface area contributed by atoms with E-state index in [1.54, 1.807) is 0 Å². The zero-order chi connectivity index (χ0) is 16.6. The average Bonchev–Trinajstić information content (AvgIpc) is 2.35. The summed E-state index contributed by atoms with van der Waals surface area (Å²) < 4.78 is 27.0. The topological polar surface area (TPSA) is 109 Å². The van der Waals surface area contributed by atoms with Gasteiger partial charge in [0.2, 0.25) is 0 Å². The van der Waals surface area contributed by atoms with Crippen LogP contribution in [0.25, 0.3) is 0 Å². The summed E-state index contributed by atoms with van der Waals surface area (Å²) in [6, 6.07) is 0. The molecule has 0 saturated heterocycles. The fraction of sp³-hybridized carbons (Fsp3) is 0.857. The zero-order valence-electron chi connectivity index (χ0n) is 12.8. The van der Waals surface area contributed by atoms with E-state index in [2.05, 4.69) is 6.92 Å². The molecule has 0 aliphatic rings. The van der Waals surface area contributed by atoms with Gasteiger partial charge in [0.05, 0.1) is 0 Å². The number of carboxylic acid groups (broad SMARTS) is 1. The first-order chi connectivity index (χ1) is 9.83. The van der Waals surface area contributed by atoms with Crippen LogP contribution in [0.15, 0.2) is 0 Å². The summed E-state index contributed by atoms with van der Waals surface area (Å²) in [5.74, 6) is -2.79. The van der Waals surface area contributed by atoms with Crippen LogP contribution in [0.1, 0.15) is 71.1 Å². The van der Waals surface area contributed by atoms with Crippen molar-refractivity contribution in [3.05, 3.63) is 0 Å². The summed E-state index contributed by atoms with van der Waals surface area (Å²) >= 11 is 0. The van der Waals surface area contributed by atoms with Crippen molar-refractivity contribution < 1.29 is 27.7 Å². The number of unbranched alkanes of at least 4 members (excludes halogenated alkanes) is 9. The Kier molecular flexibility index (Phi) is 31.9. The van der Waals surface area contributed by atoms with Crippen LogP contribution >= 0.6 is 0 Å². The van der Waals surface area contributed by atoms with Crippen LogP contribution in [-0.4, -0.2) is 95.2 Å². The number of rotatable bonds is 12. The van der Waals surface area contributed by atoms with Gasteiger partial charge in [-0.15, -0.1) is 0 Å². The van der Waals surface area contributed by atoms with Gasteiger partial charge in [-0.2, -0.15) is 8.42 Å². The van der Waals surface area contributed by atoms with E-state index in [1.165, 1.54) is 51.4 Å². The number of hydrogen-bond acceptors (Lipinski definition) is 4. The molecule has 0 aromatic rings. The van der Waals surface area contributed by atoms with Gasteiger partial charge in [0.15, 0.2) is 5.75 Å². The van der Waals surface area contributed by atoms with E-state index in [4.69, 9.17) is 9.66 Å². The third kappa shape index (κ3) is 39.6. The minimum atomic E-state index is -4.32. The number of carbonyl (C=O) groups excluding carboxylic acids is 1. The molecule has 0 radical (unpaired) electrons. The Hall–Kier alpha value is 1.05. The quantitative estimate of drug-likeness (QED) is 0.234. The second kappa shape index (κ2) is 23.1. The molecule has 0 atom stereocenters. The monoisotopic (exact) mass is 372 g/mol. The van der Waals surface area contributed by atoms with Crippen molar-refractivity contribution in [2.45, 2.75) is 71.1 Å². The van der Waals surface area contributed by atoms with Crippen molar-refractivity contribution >= 4 is 81.5 Å². The maximum absolute atomic E-state index is 10.0. The van der Waals surface area contributed by atoms with E-state index in [9.17, 15) is 18.0 Å². The van der Waals surface area contributed by atoms with Gasteiger partial charge >= 0.3 is 65.1 Å². The van der Waals surface area contributed by atoms with Crippen molar-refractivity contribution in [2.24, 2.45) is 0 Å². The van der Waals surface area contributed by atoms with Gasteiger partial charge in [0.1, 0.15) is 6.29 Å². The molecule has 0 fully saturated rings. The zero-order valence-corrected chi connectivity index (χ0v) is 13.6. The molecule has 6 nitrogen and oxygen atoms in total. The van der Waals surface area contributed by atoms with Gasteiger partial charge in [0, 0.05) is 6.42 Å². The van der Waals surface area contributed by atoms with Crippen LogP contribution in [0.3, 0.4) is 0 Å². The molecule has 0 amide bonds. The van der Waals surface area contributed by atoms with Gasteiger partial charge in [-0.05, 0) is 6.42 Å². The van der Waals surface area contributed by atoms with Crippen LogP contribution < -0.4 is 0 Å². The molecular formula is C14H30Na2O6S. The van der Waals surface area contributed by atoms with Crippen LogP contribution in [0.5, 0.6) is 0 Å². The SMILES string of the molecule is CCCCCCCCCCCC=O.O=C(O)CS(=O)(=O)O.[NaH].[NaH]. The molecule has 0 rings (SSSR count). The predicted molar refractivity (Wildman–Crippen MR) is 96.3 cm³/mol. The molecule has 0 aliphatic carbocycles. The second-order valence-corrected chi connectivity index (χ2v) is 6.36. The summed E-state index contributed by atoms with van der Waals surface area (Å²) in [5, 5.41) is 7.71. The van der Waals surface area contributed by atoms with Crippen molar-refractivity contribution in [2.75, 3.05) is 5.75 Å². The standard InChI is InChI=1S/C12H24O.C2H4O5S.2Na.2H/c1-2-3-4-5-6-7-8-9-10-11-12-13;3-2(4)1-8(5,6)7;;;;/h12H,2-11H2,1H3;1H2,(H,3,4)(H,5,6,7);;;;. The molecule has 0 aliphatic heterocycles. The molecule has 0 aromatic heterocycles. The van der Waals surface area contributed by atoms with E-state index in [1.807, 2.05) is 0 Å². The van der Waals surface area contributed by atoms with Crippen molar-refractivity contribution in [3.8, 4) is 0 Å². The fourth-order valence-electron chi connectivity index (χ4n) is 1.69.